The number of benzene rings is 1. The summed E-state index contributed by atoms with van der Waals surface area (Å²) in [5, 5.41) is 21.1. The second kappa shape index (κ2) is 5.71. The summed E-state index contributed by atoms with van der Waals surface area (Å²) in [6.45, 7) is 0.846. The van der Waals surface area contributed by atoms with Crippen molar-refractivity contribution in [1.29, 1.82) is 0 Å². The maximum atomic E-state index is 12.0. The standard InChI is InChI=1S/C13H16N2O4/c16-9-4-3-7-15(8-9)13(19)14-11-6-2-1-5-10(11)12(17)18/h1-2,5-6,9,16H,3-4,7-8H2,(H,14,19)(H,17,18). The molecule has 0 spiro atoms. The Morgan fingerprint density at radius 1 is 1.32 bits per heavy atom. The molecule has 0 bridgehead atoms. The molecule has 1 aliphatic heterocycles. The molecule has 2 amide bonds. The van der Waals surface area contributed by atoms with Gasteiger partial charge in [0.15, 0.2) is 0 Å². The van der Waals surface area contributed by atoms with E-state index in [2.05, 4.69) is 5.32 Å². The number of nitrogens with one attached hydrogen (secondary N) is 1. The highest BCUT2D eigenvalue weighted by molar-refractivity contribution is 5.99. The number of amides is 2. The number of hydrogen-bond acceptors (Lipinski definition) is 3. The van der Waals surface area contributed by atoms with Gasteiger partial charge in [0.25, 0.3) is 0 Å². The monoisotopic (exact) mass is 264 g/mol. The molecule has 0 aromatic heterocycles. The lowest BCUT2D eigenvalue weighted by Crippen LogP contribution is -2.44. The summed E-state index contributed by atoms with van der Waals surface area (Å²) in [7, 11) is 0. The number of aliphatic hydroxyl groups is 1. The van der Waals surface area contributed by atoms with E-state index in [0.29, 0.717) is 13.0 Å². The molecule has 102 valence electrons. The molecule has 1 aromatic rings. The van der Waals surface area contributed by atoms with Crippen LogP contribution in [0.15, 0.2) is 24.3 Å². The smallest absolute Gasteiger partial charge is 0.337 e. The van der Waals surface area contributed by atoms with Crippen molar-refractivity contribution >= 4 is 17.7 Å². The second-order valence-corrected chi connectivity index (χ2v) is 4.52. The first kappa shape index (κ1) is 13.4. The van der Waals surface area contributed by atoms with Crippen LogP contribution in [0.1, 0.15) is 23.2 Å². The molecule has 6 heteroatoms. The molecule has 1 aliphatic rings. The van der Waals surface area contributed by atoms with E-state index >= 15 is 0 Å². The van der Waals surface area contributed by atoms with E-state index < -0.39 is 12.1 Å². The lowest BCUT2D eigenvalue weighted by atomic mass is 10.1. The van der Waals surface area contributed by atoms with Crippen LogP contribution in [0.4, 0.5) is 10.5 Å². The first-order chi connectivity index (χ1) is 9.08. The SMILES string of the molecule is O=C(O)c1ccccc1NC(=O)N1CCCC(O)C1. The molecule has 0 aliphatic carbocycles. The number of urea groups is 1. The van der Waals surface area contributed by atoms with E-state index in [-0.39, 0.29) is 23.8 Å². The fourth-order valence-corrected chi connectivity index (χ4v) is 2.11. The van der Waals surface area contributed by atoms with Gasteiger partial charge in [0.2, 0.25) is 0 Å². The van der Waals surface area contributed by atoms with Crippen LogP contribution in [-0.4, -0.2) is 46.3 Å². The van der Waals surface area contributed by atoms with Crippen molar-refractivity contribution in [1.82, 2.24) is 4.90 Å². The molecule has 1 aromatic carbocycles. The summed E-state index contributed by atoms with van der Waals surface area (Å²) < 4.78 is 0. The number of aliphatic hydroxyl groups excluding tert-OH is 1. The summed E-state index contributed by atoms with van der Waals surface area (Å²) in [6, 6.07) is 5.86. The number of β-amino-alcohol motifs (C(OH)–C–C–N with tert-alkyl or cyclic N) is 1. The lowest BCUT2D eigenvalue weighted by molar-refractivity contribution is 0.0697. The topological polar surface area (TPSA) is 89.9 Å². The summed E-state index contributed by atoms with van der Waals surface area (Å²) in [5.74, 6) is -1.09. The minimum Gasteiger partial charge on any atom is -0.478 e. The summed E-state index contributed by atoms with van der Waals surface area (Å²) in [5.41, 5.74) is 0.313. The van der Waals surface area contributed by atoms with Gasteiger partial charge >= 0.3 is 12.0 Å². The van der Waals surface area contributed by atoms with E-state index in [0.717, 1.165) is 6.42 Å². The van der Waals surface area contributed by atoms with Crippen molar-refractivity contribution in [2.75, 3.05) is 18.4 Å². The largest absolute Gasteiger partial charge is 0.478 e. The Bertz CT molecular complexity index is 489. The van der Waals surface area contributed by atoms with Gasteiger partial charge in [-0.05, 0) is 25.0 Å². The molecule has 1 heterocycles. The van der Waals surface area contributed by atoms with E-state index in [1.807, 2.05) is 0 Å². The van der Waals surface area contributed by atoms with E-state index in [4.69, 9.17) is 5.11 Å². The Morgan fingerprint density at radius 3 is 2.74 bits per heavy atom. The molecular weight excluding hydrogens is 248 g/mol. The van der Waals surface area contributed by atoms with Gasteiger partial charge in [0.05, 0.1) is 17.4 Å². The van der Waals surface area contributed by atoms with Gasteiger partial charge in [-0.25, -0.2) is 9.59 Å². The summed E-state index contributed by atoms with van der Waals surface area (Å²) in [6.07, 6.45) is 0.930. The molecule has 2 rings (SSSR count). The molecule has 1 unspecified atom stereocenters. The van der Waals surface area contributed by atoms with Crippen LogP contribution in [0, 0.1) is 0 Å². The number of carbonyl (C=O) groups excluding carboxylic acids is 1. The van der Waals surface area contributed by atoms with E-state index in [1.54, 1.807) is 18.2 Å². The van der Waals surface area contributed by atoms with Crippen molar-refractivity contribution in [3.05, 3.63) is 29.8 Å². The minimum atomic E-state index is -1.09. The third kappa shape index (κ3) is 3.23. The Balaban J connectivity index is 2.08. The number of carboxylic acid groups (broad SMARTS) is 1. The molecule has 0 saturated carbocycles. The highest BCUT2D eigenvalue weighted by Crippen LogP contribution is 2.17. The Kier molecular flexibility index (Phi) is 4.01. The van der Waals surface area contributed by atoms with Crippen LogP contribution in [-0.2, 0) is 0 Å². The number of aromatic carboxylic acids is 1. The average molecular weight is 264 g/mol. The Hall–Kier alpha value is -2.08. The van der Waals surface area contributed by atoms with E-state index in [1.165, 1.54) is 11.0 Å². The highest BCUT2D eigenvalue weighted by Gasteiger charge is 2.23. The van der Waals surface area contributed by atoms with Gasteiger partial charge < -0.3 is 20.4 Å². The quantitative estimate of drug-likeness (QED) is 0.752. The first-order valence-electron chi connectivity index (χ1n) is 6.14. The van der Waals surface area contributed by atoms with Crippen molar-refractivity contribution in [3.8, 4) is 0 Å². The summed E-state index contributed by atoms with van der Waals surface area (Å²) in [4.78, 5) is 24.5. The van der Waals surface area contributed by atoms with Crippen molar-refractivity contribution in [2.45, 2.75) is 18.9 Å². The lowest BCUT2D eigenvalue weighted by Gasteiger charge is -2.30. The predicted molar refractivity (Wildman–Crippen MR) is 69.2 cm³/mol. The second-order valence-electron chi connectivity index (χ2n) is 4.52. The molecule has 1 saturated heterocycles. The average Bonchev–Trinajstić information content (AvgIpc) is 2.39. The van der Waals surface area contributed by atoms with Gasteiger partial charge in [-0.3, -0.25) is 0 Å². The van der Waals surface area contributed by atoms with Gasteiger partial charge in [-0.1, -0.05) is 12.1 Å². The van der Waals surface area contributed by atoms with Gasteiger partial charge in [0.1, 0.15) is 0 Å². The Morgan fingerprint density at radius 2 is 2.05 bits per heavy atom. The number of nitrogens with zero attached hydrogens (tertiary/aromatic N) is 1. The fourth-order valence-electron chi connectivity index (χ4n) is 2.11. The Labute approximate surface area is 110 Å². The number of rotatable bonds is 2. The highest BCUT2D eigenvalue weighted by atomic mass is 16.4. The molecule has 19 heavy (non-hydrogen) atoms. The van der Waals surface area contributed by atoms with Crippen LogP contribution < -0.4 is 5.32 Å². The molecule has 6 nitrogen and oxygen atoms in total. The number of para-hydroxylation sites is 1. The van der Waals surface area contributed by atoms with Gasteiger partial charge in [-0.15, -0.1) is 0 Å². The third-order valence-electron chi connectivity index (χ3n) is 3.08. The minimum absolute atomic E-state index is 0.0495. The number of likely N-dealkylation sites (tertiary alicyclic amines) is 1. The fraction of sp³-hybridized carbons (Fsp3) is 0.385. The zero-order chi connectivity index (χ0) is 13.8. The number of carbonyl (C=O) groups is 2. The number of piperidine rings is 1. The maximum Gasteiger partial charge on any atom is 0.337 e. The van der Waals surface area contributed by atoms with Crippen LogP contribution in [0.3, 0.4) is 0 Å². The van der Waals surface area contributed by atoms with Crippen LogP contribution in [0.5, 0.6) is 0 Å². The van der Waals surface area contributed by atoms with Crippen molar-refractivity contribution in [3.63, 3.8) is 0 Å². The van der Waals surface area contributed by atoms with Crippen molar-refractivity contribution in [2.24, 2.45) is 0 Å². The van der Waals surface area contributed by atoms with Gasteiger partial charge in [-0.2, -0.15) is 0 Å². The zero-order valence-electron chi connectivity index (χ0n) is 10.4. The number of carboxylic acids is 1. The molecular formula is C13H16N2O4. The summed E-state index contributed by atoms with van der Waals surface area (Å²) >= 11 is 0. The number of hydrogen-bond donors (Lipinski definition) is 3. The predicted octanol–water partition coefficient (Wildman–Crippen LogP) is 1.37. The molecule has 3 N–H and O–H groups in total. The first-order valence-corrected chi connectivity index (χ1v) is 6.14. The molecule has 1 atom stereocenters. The molecule has 0 radical (unpaired) electrons. The zero-order valence-corrected chi connectivity index (χ0v) is 10.4. The van der Waals surface area contributed by atoms with E-state index in [9.17, 15) is 14.7 Å². The molecule has 1 fully saturated rings. The van der Waals surface area contributed by atoms with Crippen LogP contribution in [0.25, 0.3) is 0 Å². The maximum absolute atomic E-state index is 12.0. The van der Waals surface area contributed by atoms with Crippen molar-refractivity contribution < 1.29 is 19.8 Å². The number of anilines is 1. The normalized spacial score (nSPS) is 19.0. The van der Waals surface area contributed by atoms with Crippen LogP contribution in [0.2, 0.25) is 0 Å². The van der Waals surface area contributed by atoms with Gasteiger partial charge in [0, 0.05) is 13.1 Å². The third-order valence-corrected chi connectivity index (χ3v) is 3.08. The van der Waals surface area contributed by atoms with Crippen LogP contribution >= 0.6 is 0 Å².